The number of aliphatic carboxylic acids is 1. The van der Waals surface area contributed by atoms with E-state index in [2.05, 4.69) is 86.8 Å². The lowest BCUT2D eigenvalue weighted by Gasteiger charge is -2.34. The van der Waals surface area contributed by atoms with Crippen molar-refractivity contribution in [3.63, 3.8) is 0 Å². The topological polar surface area (TPSA) is 102 Å². The van der Waals surface area contributed by atoms with Crippen molar-refractivity contribution in [3.8, 4) is 0 Å². The lowest BCUT2D eigenvalue weighted by molar-refractivity contribution is -0.889. The number of hydrogen-bond donors (Lipinski definition) is 0. The molecule has 0 bridgehead atoms. The van der Waals surface area contributed by atoms with E-state index in [1.54, 1.807) is 27.2 Å². The van der Waals surface area contributed by atoms with Gasteiger partial charge in [-0.3, -0.25) is 9.59 Å². The summed E-state index contributed by atoms with van der Waals surface area (Å²) in [7, 11) is 5.36. The summed E-state index contributed by atoms with van der Waals surface area (Å²) < 4.78 is 17.0. The van der Waals surface area contributed by atoms with Crippen LogP contribution in [-0.2, 0) is 28.6 Å². The molecule has 0 aliphatic carbocycles. The van der Waals surface area contributed by atoms with Crippen LogP contribution < -0.4 is 5.11 Å². The minimum atomic E-state index is -1.14. The van der Waals surface area contributed by atoms with Crippen LogP contribution in [0.4, 0.5) is 0 Å². The number of carbonyl (C=O) groups is 3. The van der Waals surface area contributed by atoms with Gasteiger partial charge in [-0.2, -0.15) is 0 Å². The fourth-order valence-electron chi connectivity index (χ4n) is 5.53. The van der Waals surface area contributed by atoms with Crippen molar-refractivity contribution in [2.75, 3.05) is 41.0 Å². The van der Waals surface area contributed by atoms with Crippen molar-refractivity contribution in [1.29, 1.82) is 0 Å². The fourth-order valence-corrected chi connectivity index (χ4v) is 5.53. The van der Waals surface area contributed by atoms with Crippen LogP contribution in [0.3, 0.4) is 0 Å². The van der Waals surface area contributed by atoms with Crippen LogP contribution in [0.15, 0.2) is 85.1 Å². The molecule has 0 saturated heterocycles. The molecule has 8 nitrogen and oxygen atoms in total. The molecule has 2 atom stereocenters. The molecule has 0 aromatic heterocycles. The van der Waals surface area contributed by atoms with Crippen molar-refractivity contribution in [2.24, 2.45) is 0 Å². The summed E-state index contributed by atoms with van der Waals surface area (Å²) in [6, 6.07) is -0.747. The molecule has 0 N–H and O–H groups in total. The van der Waals surface area contributed by atoms with Crippen molar-refractivity contribution < 1.29 is 38.2 Å². The van der Waals surface area contributed by atoms with E-state index in [0.29, 0.717) is 12.8 Å². The van der Waals surface area contributed by atoms with Crippen LogP contribution in [0.5, 0.6) is 0 Å². The van der Waals surface area contributed by atoms with Crippen molar-refractivity contribution >= 4 is 17.9 Å². The summed E-state index contributed by atoms with van der Waals surface area (Å²) in [4.78, 5) is 36.7. The van der Waals surface area contributed by atoms with Gasteiger partial charge in [0.05, 0.1) is 46.7 Å². The van der Waals surface area contributed by atoms with Gasteiger partial charge >= 0.3 is 11.9 Å². The Labute approximate surface area is 335 Å². The molecule has 55 heavy (non-hydrogen) atoms. The highest BCUT2D eigenvalue weighted by Gasteiger charge is 2.25. The molecule has 0 fully saturated rings. The second-order valence-corrected chi connectivity index (χ2v) is 14.9. The Morgan fingerprint density at radius 1 is 0.582 bits per heavy atom. The lowest BCUT2D eigenvalue weighted by Crippen LogP contribution is -2.55. The molecule has 0 spiro atoms. The third-order valence-electron chi connectivity index (χ3n) is 8.80. The highest BCUT2D eigenvalue weighted by atomic mass is 16.6. The number of allylic oxidation sites excluding steroid dienone is 13. The van der Waals surface area contributed by atoms with E-state index in [4.69, 9.17) is 14.2 Å². The summed E-state index contributed by atoms with van der Waals surface area (Å²) in [5.74, 6) is -1.93. The molecule has 0 rings (SSSR count). The van der Waals surface area contributed by atoms with Crippen molar-refractivity contribution in [3.05, 3.63) is 85.1 Å². The molecule has 0 saturated carbocycles. The molecule has 0 radical (unpaired) electrons. The standard InChI is InChI=1S/C47H77NO7/c1-6-8-10-12-14-16-18-20-22-24-25-27-29-31-33-35-37-45(49)54-42-43(41-53-40-39-44(47(51)52)48(3,4)5)55-46(50)38-36-34-32-30-28-26-23-21-19-17-15-13-11-9-7-2/h9,11,15-18,21-24,28,30,34,36,43-44H,6-8,10,12-14,19-20,25-27,29,31-33,35,37-42H2,1-5H3/b11-9-,17-15-,18-16-,23-21-,24-22-,30-28-,36-34-. The van der Waals surface area contributed by atoms with E-state index >= 15 is 0 Å². The number of likely N-dealkylation sites (N-methyl/N-ethyl adjacent to an activating group) is 1. The zero-order valence-corrected chi connectivity index (χ0v) is 35.3. The van der Waals surface area contributed by atoms with Gasteiger partial charge < -0.3 is 28.6 Å². The largest absolute Gasteiger partial charge is 0.544 e. The number of carbonyl (C=O) groups excluding carboxylic acids is 3. The Morgan fingerprint density at radius 3 is 1.60 bits per heavy atom. The van der Waals surface area contributed by atoms with Crippen LogP contribution >= 0.6 is 0 Å². The molecular weight excluding hydrogens is 691 g/mol. The zero-order chi connectivity index (χ0) is 40.7. The normalized spacial score (nSPS) is 13.8. The quantitative estimate of drug-likeness (QED) is 0.0271. The van der Waals surface area contributed by atoms with E-state index < -0.39 is 24.1 Å². The summed E-state index contributed by atoms with van der Waals surface area (Å²) in [6.45, 7) is 4.38. The van der Waals surface area contributed by atoms with Gasteiger partial charge in [-0.15, -0.1) is 0 Å². The maximum atomic E-state index is 12.6. The lowest BCUT2D eigenvalue weighted by atomic mass is 10.1. The van der Waals surface area contributed by atoms with Crippen LogP contribution in [0.1, 0.15) is 142 Å². The van der Waals surface area contributed by atoms with E-state index in [1.807, 2.05) is 6.08 Å². The first kappa shape index (κ1) is 51.5. The highest BCUT2D eigenvalue weighted by molar-refractivity contribution is 5.71. The Balaban J connectivity index is 4.54. The predicted molar refractivity (Wildman–Crippen MR) is 226 cm³/mol. The first-order valence-corrected chi connectivity index (χ1v) is 21.1. The van der Waals surface area contributed by atoms with Gasteiger partial charge in [0.1, 0.15) is 12.6 Å². The molecular formula is C47H77NO7. The molecule has 0 aromatic rings. The molecule has 8 heteroatoms. The number of esters is 2. The van der Waals surface area contributed by atoms with Crippen LogP contribution in [0.25, 0.3) is 0 Å². The van der Waals surface area contributed by atoms with Crippen LogP contribution in [-0.4, -0.2) is 75.5 Å². The molecule has 0 amide bonds. The second-order valence-electron chi connectivity index (χ2n) is 14.9. The third kappa shape index (κ3) is 35.9. The van der Waals surface area contributed by atoms with E-state index in [9.17, 15) is 19.5 Å². The molecule has 0 aliphatic rings. The van der Waals surface area contributed by atoms with E-state index in [-0.39, 0.29) is 43.1 Å². The number of rotatable bonds is 36. The Kier molecular flexibility index (Phi) is 35.1. The monoisotopic (exact) mass is 768 g/mol. The molecule has 0 aliphatic heterocycles. The fraction of sp³-hybridized carbons (Fsp3) is 0.638. The number of carboxylic acids is 1. The Hall–Kier alpha value is -3.49. The zero-order valence-electron chi connectivity index (χ0n) is 35.3. The van der Waals surface area contributed by atoms with Gasteiger partial charge in [-0.25, -0.2) is 0 Å². The van der Waals surface area contributed by atoms with Gasteiger partial charge in [-0.1, -0.05) is 137 Å². The van der Waals surface area contributed by atoms with Gasteiger partial charge in [-0.05, 0) is 70.6 Å². The smallest absolute Gasteiger partial charge is 0.310 e. The number of hydrogen-bond acceptors (Lipinski definition) is 7. The van der Waals surface area contributed by atoms with Crippen molar-refractivity contribution in [1.82, 2.24) is 0 Å². The highest BCUT2D eigenvalue weighted by Crippen LogP contribution is 2.11. The van der Waals surface area contributed by atoms with Gasteiger partial charge in [0.15, 0.2) is 6.10 Å². The number of unbranched alkanes of at least 4 members (excludes halogenated alkanes) is 9. The molecule has 0 aromatic carbocycles. The van der Waals surface area contributed by atoms with E-state index in [0.717, 1.165) is 70.6 Å². The summed E-state index contributed by atoms with van der Waals surface area (Å²) >= 11 is 0. The SMILES string of the molecule is CC/C=C\C/C=C\C/C=C\C/C=C\C/C=C\CC(=O)OC(COCCC(C(=O)[O-])[N+](C)(C)C)COC(=O)CCCCCCC/C=C\C/C=C\CCCCCC. The van der Waals surface area contributed by atoms with Gasteiger partial charge in [0.25, 0.3) is 0 Å². The van der Waals surface area contributed by atoms with Crippen molar-refractivity contribution in [2.45, 2.75) is 154 Å². The van der Waals surface area contributed by atoms with E-state index in [1.165, 1.54) is 32.1 Å². The maximum Gasteiger partial charge on any atom is 0.310 e. The first-order valence-electron chi connectivity index (χ1n) is 21.1. The van der Waals surface area contributed by atoms with Crippen LogP contribution in [0.2, 0.25) is 0 Å². The second kappa shape index (κ2) is 37.4. The summed E-state index contributed by atoms with van der Waals surface area (Å²) in [6.07, 6.45) is 47.8. The Bertz CT molecular complexity index is 1170. The van der Waals surface area contributed by atoms with Crippen LogP contribution in [0, 0.1) is 0 Å². The average molecular weight is 768 g/mol. The molecule has 2 unspecified atom stereocenters. The number of carboxylic acid groups (broad SMARTS) is 1. The van der Waals surface area contributed by atoms with Gasteiger partial charge in [0.2, 0.25) is 0 Å². The number of nitrogens with zero attached hydrogens (tertiary/aromatic N) is 1. The Morgan fingerprint density at radius 2 is 1.07 bits per heavy atom. The molecule has 0 heterocycles. The predicted octanol–water partition coefficient (Wildman–Crippen LogP) is 10.0. The third-order valence-corrected chi connectivity index (χ3v) is 8.80. The number of ether oxygens (including phenoxy) is 3. The number of quaternary nitrogens is 1. The first-order chi connectivity index (χ1) is 26.6. The molecule has 312 valence electrons. The minimum Gasteiger partial charge on any atom is -0.544 e. The van der Waals surface area contributed by atoms with Gasteiger partial charge in [0, 0.05) is 12.8 Å². The maximum absolute atomic E-state index is 12.6. The summed E-state index contributed by atoms with van der Waals surface area (Å²) in [5.41, 5.74) is 0. The summed E-state index contributed by atoms with van der Waals surface area (Å²) in [5, 5.41) is 11.6. The minimum absolute atomic E-state index is 0.00855. The average Bonchev–Trinajstić information content (AvgIpc) is 3.14.